The van der Waals surface area contributed by atoms with Crippen molar-refractivity contribution in [1.29, 1.82) is 0 Å². The molecule has 0 unspecified atom stereocenters. The van der Waals surface area contributed by atoms with Crippen molar-refractivity contribution in [3.05, 3.63) is 37.2 Å². The first-order valence-electron chi connectivity index (χ1n) is 3.89. The van der Waals surface area contributed by atoms with Crippen LogP contribution >= 0.6 is 0 Å². The lowest BCUT2D eigenvalue weighted by Gasteiger charge is -1.89. The lowest BCUT2D eigenvalue weighted by atomic mass is 10.7. The van der Waals surface area contributed by atoms with Gasteiger partial charge in [0.2, 0.25) is 0 Å². The standard InChI is InChI=1S/C8H6N6/c1-3-11-7(5-9-1)13-14-8-6-10-2-4-12-8/h1-6H. The van der Waals surface area contributed by atoms with Crippen molar-refractivity contribution in [1.82, 2.24) is 19.9 Å². The Hall–Kier alpha value is -2.24. The zero-order valence-electron chi connectivity index (χ0n) is 7.15. The normalized spacial score (nSPS) is 10.6. The summed E-state index contributed by atoms with van der Waals surface area (Å²) >= 11 is 0. The summed E-state index contributed by atoms with van der Waals surface area (Å²) < 4.78 is 0. The highest BCUT2D eigenvalue weighted by atomic mass is 15.2. The molecular weight excluding hydrogens is 180 g/mol. The Kier molecular flexibility index (Phi) is 2.46. The van der Waals surface area contributed by atoms with Gasteiger partial charge in [-0.2, -0.15) is 0 Å². The van der Waals surface area contributed by atoms with E-state index in [0.717, 1.165) is 0 Å². The maximum absolute atomic E-state index is 3.92. The highest BCUT2D eigenvalue weighted by Crippen LogP contribution is 2.09. The average Bonchev–Trinajstić information content (AvgIpc) is 2.29. The van der Waals surface area contributed by atoms with Crippen molar-refractivity contribution in [3.63, 3.8) is 0 Å². The van der Waals surface area contributed by atoms with Gasteiger partial charge in [0.05, 0.1) is 12.4 Å². The summed E-state index contributed by atoms with van der Waals surface area (Å²) in [7, 11) is 0. The Balaban J connectivity index is 2.16. The van der Waals surface area contributed by atoms with E-state index in [-0.39, 0.29) is 0 Å². The number of azo groups is 1. The van der Waals surface area contributed by atoms with Gasteiger partial charge in [-0.1, -0.05) is 0 Å². The van der Waals surface area contributed by atoms with Gasteiger partial charge in [-0.15, -0.1) is 10.2 Å². The molecule has 2 heterocycles. The van der Waals surface area contributed by atoms with Gasteiger partial charge >= 0.3 is 0 Å². The van der Waals surface area contributed by atoms with Gasteiger partial charge in [0, 0.05) is 24.8 Å². The van der Waals surface area contributed by atoms with Crippen LogP contribution in [0.5, 0.6) is 0 Å². The molecular formula is C8H6N6. The van der Waals surface area contributed by atoms with Crippen LogP contribution in [0.25, 0.3) is 0 Å². The Morgan fingerprint density at radius 2 is 1.21 bits per heavy atom. The predicted octanol–water partition coefficient (Wildman–Crippen LogP) is 1.68. The molecule has 2 rings (SSSR count). The topological polar surface area (TPSA) is 76.3 Å². The molecule has 0 amide bonds. The Morgan fingerprint density at radius 3 is 1.57 bits per heavy atom. The van der Waals surface area contributed by atoms with Crippen molar-refractivity contribution in [2.45, 2.75) is 0 Å². The van der Waals surface area contributed by atoms with E-state index < -0.39 is 0 Å². The van der Waals surface area contributed by atoms with E-state index in [0.29, 0.717) is 11.6 Å². The summed E-state index contributed by atoms with van der Waals surface area (Å²) in [6, 6.07) is 0. The van der Waals surface area contributed by atoms with E-state index in [1.165, 1.54) is 12.4 Å². The minimum absolute atomic E-state index is 0.443. The monoisotopic (exact) mass is 186 g/mol. The third kappa shape index (κ3) is 2.13. The molecule has 2 aromatic heterocycles. The van der Waals surface area contributed by atoms with Crippen LogP contribution < -0.4 is 0 Å². The number of hydrogen-bond acceptors (Lipinski definition) is 6. The number of hydrogen-bond donors (Lipinski definition) is 0. The second-order valence-corrected chi connectivity index (χ2v) is 2.33. The number of nitrogens with zero attached hydrogens (tertiary/aromatic N) is 6. The summed E-state index contributed by atoms with van der Waals surface area (Å²) in [5.74, 6) is 0.885. The molecule has 6 heteroatoms. The zero-order chi connectivity index (χ0) is 9.64. The summed E-state index contributed by atoms with van der Waals surface area (Å²) in [5, 5.41) is 7.65. The third-order valence-corrected chi connectivity index (χ3v) is 1.35. The molecule has 0 aromatic carbocycles. The molecule has 0 aliphatic carbocycles. The molecule has 0 spiro atoms. The Morgan fingerprint density at radius 1 is 0.714 bits per heavy atom. The van der Waals surface area contributed by atoms with Crippen LogP contribution in [-0.4, -0.2) is 19.9 Å². The third-order valence-electron chi connectivity index (χ3n) is 1.35. The highest BCUT2D eigenvalue weighted by Gasteiger charge is 1.90. The van der Waals surface area contributed by atoms with Gasteiger partial charge in [-0.25, -0.2) is 9.97 Å². The first-order valence-corrected chi connectivity index (χ1v) is 3.89. The zero-order valence-corrected chi connectivity index (χ0v) is 7.15. The van der Waals surface area contributed by atoms with Crippen molar-refractivity contribution >= 4 is 11.6 Å². The van der Waals surface area contributed by atoms with Gasteiger partial charge in [-0.05, 0) is 0 Å². The van der Waals surface area contributed by atoms with Gasteiger partial charge in [0.1, 0.15) is 0 Å². The van der Waals surface area contributed by atoms with Gasteiger partial charge in [0.25, 0.3) is 0 Å². The van der Waals surface area contributed by atoms with Crippen molar-refractivity contribution in [2.24, 2.45) is 10.2 Å². The summed E-state index contributed by atoms with van der Waals surface area (Å²) in [6.45, 7) is 0. The fraction of sp³-hybridized carbons (Fsp3) is 0. The maximum Gasteiger partial charge on any atom is 0.192 e. The Bertz CT molecular complexity index is 371. The van der Waals surface area contributed by atoms with Crippen LogP contribution in [0.1, 0.15) is 0 Å². The van der Waals surface area contributed by atoms with E-state index >= 15 is 0 Å². The molecule has 0 radical (unpaired) electrons. The van der Waals surface area contributed by atoms with Gasteiger partial charge < -0.3 is 0 Å². The molecule has 0 N–H and O–H groups in total. The van der Waals surface area contributed by atoms with Crippen LogP contribution in [0.2, 0.25) is 0 Å². The summed E-state index contributed by atoms with van der Waals surface area (Å²) in [6.07, 6.45) is 9.26. The second kappa shape index (κ2) is 4.13. The number of aromatic nitrogens is 4. The maximum atomic E-state index is 3.92. The van der Waals surface area contributed by atoms with Crippen LogP contribution in [0, 0.1) is 0 Å². The average molecular weight is 186 g/mol. The van der Waals surface area contributed by atoms with E-state index in [9.17, 15) is 0 Å². The molecule has 0 saturated carbocycles. The van der Waals surface area contributed by atoms with Gasteiger partial charge in [0.15, 0.2) is 11.6 Å². The van der Waals surface area contributed by atoms with E-state index in [4.69, 9.17) is 0 Å². The number of rotatable bonds is 2. The fourth-order valence-corrected chi connectivity index (χ4v) is 0.788. The molecule has 0 atom stereocenters. The van der Waals surface area contributed by atoms with Crippen molar-refractivity contribution < 1.29 is 0 Å². The van der Waals surface area contributed by atoms with E-state index in [1.54, 1.807) is 24.8 Å². The quantitative estimate of drug-likeness (QED) is 0.668. The molecule has 14 heavy (non-hydrogen) atoms. The van der Waals surface area contributed by atoms with Gasteiger partial charge in [-0.3, -0.25) is 9.97 Å². The molecule has 6 nitrogen and oxygen atoms in total. The molecule has 0 aliphatic heterocycles. The minimum atomic E-state index is 0.443. The van der Waals surface area contributed by atoms with Crippen molar-refractivity contribution in [2.75, 3.05) is 0 Å². The van der Waals surface area contributed by atoms with Crippen LogP contribution in [0.15, 0.2) is 47.4 Å². The first-order chi connectivity index (χ1) is 6.95. The Labute approximate surface area is 79.8 Å². The largest absolute Gasteiger partial charge is 0.259 e. The van der Waals surface area contributed by atoms with E-state index in [2.05, 4.69) is 30.2 Å². The molecule has 0 saturated heterocycles. The van der Waals surface area contributed by atoms with E-state index in [1.807, 2.05) is 0 Å². The van der Waals surface area contributed by atoms with Crippen LogP contribution in [-0.2, 0) is 0 Å². The lowest BCUT2D eigenvalue weighted by Crippen LogP contribution is -1.75. The highest BCUT2D eigenvalue weighted by molar-refractivity contribution is 5.24. The lowest BCUT2D eigenvalue weighted by molar-refractivity contribution is 1.07. The first kappa shape index (κ1) is 8.36. The summed E-state index contributed by atoms with van der Waals surface area (Å²) in [5.41, 5.74) is 0. The SMILES string of the molecule is c1cnc(N=Nc2cnccn2)cn1. The predicted molar refractivity (Wildman–Crippen MR) is 48.2 cm³/mol. The fourth-order valence-electron chi connectivity index (χ4n) is 0.788. The minimum Gasteiger partial charge on any atom is -0.259 e. The van der Waals surface area contributed by atoms with Crippen LogP contribution in [0.4, 0.5) is 11.6 Å². The van der Waals surface area contributed by atoms with Crippen molar-refractivity contribution in [3.8, 4) is 0 Å². The molecule has 0 bridgehead atoms. The van der Waals surface area contributed by atoms with Crippen LogP contribution in [0.3, 0.4) is 0 Å². The summed E-state index contributed by atoms with van der Waals surface area (Å²) in [4.78, 5) is 15.5. The smallest absolute Gasteiger partial charge is 0.192 e. The molecule has 68 valence electrons. The molecule has 2 aromatic rings. The molecule has 0 aliphatic rings. The second-order valence-electron chi connectivity index (χ2n) is 2.33. The molecule has 0 fully saturated rings.